The molecule has 0 radical (unpaired) electrons. The lowest BCUT2D eigenvalue weighted by Crippen LogP contribution is -2.46. The zero-order chi connectivity index (χ0) is 12.2. The van der Waals surface area contributed by atoms with Crippen LogP contribution in [0.5, 0.6) is 0 Å². The van der Waals surface area contributed by atoms with Crippen LogP contribution in [0, 0.1) is 17.8 Å². The standard InChI is InChI=1S/C15H31N/c1-5-13(6-2)10-15(16)9-7-8-14(11-15)12(3)4/h12-14H,5-11,16H2,1-4H3. The molecule has 1 saturated carbocycles. The predicted octanol–water partition coefficient (Wildman–Crippen LogP) is 4.36. The van der Waals surface area contributed by atoms with Gasteiger partial charge in [0.2, 0.25) is 0 Å². The summed E-state index contributed by atoms with van der Waals surface area (Å²) in [6.45, 7) is 9.32. The molecule has 0 bridgehead atoms. The van der Waals surface area contributed by atoms with Gasteiger partial charge in [-0.1, -0.05) is 53.4 Å². The zero-order valence-corrected chi connectivity index (χ0v) is 11.8. The first-order valence-electron chi connectivity index (χ1n) is 7.29. The van der Waals surface area contributed by atoms with Crippen molar-refractivity contribution in [1.29, 1.82) is 0 Å². The highest BCUT2D eigenvalue weighted by atomic mass is 14.8. The van der Waals surface area contributed by atoms with Crippen molar-refractivity contribution in [3.8, 4) is 0 Å². The Balaban J connectivity index is 2.55. The summed E-state index contributed by atoms with van der Waals surface area (Å²) in [6, 6.07) is 0. The molecule has 16 heavy (non-hydrogen) atoms. The Labute approximate surface area is 102 Å². The average Bonchev–Trinajstić information content (AvgIpc) is 2.26. The van der Waals surface area contributed by atoms with Gasteiger partial charge in [0.15, 0.2) is 0 Å². The predicted molar refractivity (Wildman–Crippen MR) is 72.4 cm³/mol. The summed E-state index contributed by atoms with van der Waals surface area (Å²) < 4.78 is 0. The Hall–Kier alpha value is -0.0400. The SMILES string of the molecule is CCC(CC)CC1(N)CCCC(C(C)C)C1. The molecule has 0 aromatic heterocycles. The molecule has 0 aromatic carbocycles. The van der Waals surface area contributed by atoms with Crippen molar-refractivity contribution in [3.05, 3.63) is 0 Å². The van der Waals surface area contributed by atoms with Crippen LogP contribution in [0.15, 0.2) is 0 Å². The van der Waals surface area contributed by atoms with E-state index in [-0.39, 0.29) is 5.54 Å². The minimum Gasteiger partial charge on any atom is -0.325 e. The molecule has 1 rings (SSSR count). The number of rotatable bonds is 5. The monoisotopic (exact) mass is 225 g/mol. The molecular formula is C15H31N. The van der Waals surface area contributed by atoms with Crippen LogP contribution in [0.2, 0.25) is 0 Å². The van der Waals surface area contributed by atoms with E-state index >= 15 is 0 Å². The van der Waals surface area contributed by atoms with Gasteiger partial charge in [0.25, 0.3) is 0 Å². The summed E-state index contributed by atoms with van der Waals surface area (Å²) in [4.78, 5) is 0. The molecule has 1 nitrogen and oxygen atoms in total. The molecule has 0 heterocycles. The third-order valence-electron chi connectivity index (χ3n) is 4.71. The molecule has 0 spiro atoms. The van der Waals surface area contributed by atoms with Crippen molar-refractivity contribution in [2.24, 2.45) is 23.5 Å². The first kappa shape index (κ1) is 14.0. The summed E-state index contributed by atoms with van der Waals surface area (Å²) in [5.41, 5.74) is 6.80. The first-order valence-corrected chi connectivity index (χ1v) is 7.29. The fraction of sp³-hybridized carbons (Fsp3) is 1.00. The number of hydrogen-bond acceptors (Lipinski definition) is 1. The van der Waals surface area contributed by atoms with E-state index in [0.717, 1.165) is 17.8 Å². The van der Waals surface area contributed by atoms with Gasteiger partial charge in [0.05, 0.1) is 0 Å². The van der Waals surface area contributed by atoms with Crippen LogP contribution >= 0.6 is 0 Å². The fourth-order valence-electron chi connectivity index (χ4n) is 3.35. The van der Waals surface area contributed by atoms with Gasteiger partial charge in [0, 0.05) is 5.54 Å². The second kappa shape index (κ2) is 6.05. The van der Waals surface area contributed by atoms with Gasteiger partial charge in [0.1, 0.15) is 0 Å². The average molecular weight is 225 g/mol. The Kier molecular flexibility index (Phi) is 5.30. The largest absolute Gasteiger partial charge is 0.325 e. The molecule has 0 saturated heterocycles. The van der Waals surface area contributed by atoms with Crippen molar-refractivity contribution >= 4 is 0 Å². The van der Waals surface area contributed by atoms with Gasteiger partial charge in [-0.05, 0) is 37.0 Å². The fourth-order valence-corrected chi connectivity index (χ4v) is 3.35. The molecular weight excluding hydrogens is 194 g/mol. The molecule has 2 N–H and O–H groups in total. The Bertz CT molecular complexity index is 192. The summed E-state index contributed by atoms with van der Waals surface area (Å²) in [6.07, 6.45) is 9.11. The van der Waals surface area contributed by atoms with E-state index in [1.807, 2.05) is 0 Å². The van der Waals surface area contributed by atoms with Crippen molar-refractivity contribution in [3.63, 3.8) is 0 Å². The van der Waals surface area contributed by atoms with Gasteiger partial charge in [-0.15, -0.1) is 0 Å². The molecule has 0 aliphatic heterocycles. The number of nitrogens with two attached hydrogens (primary N) is 1. The quantitative estimate of drug-likeness (QED) is 0.739. The van der Waals surface area contributed by atoms with Crippen molar-refractivity contribution in [1.82, 2.24) is 0 Å². The topological polar surface area (TPSA) is 26.0 Å². The van der Waals surface area contributed by atoms with Crippen LogP contribution in [0.25, 0.3) is 0 Å². The van der Waals surface area contributed by atoms with Gasteiger partial charge < -0.3 is 5.73 Å². The molecule has 1 aliphatic rings. The maximum atomic E-state index is 6.64. The van der Waals surface area contributed by atoms with Crippen LogP contribution in [-0.2, 0) is 0 Å². The van der Waals surface area contributed by atoms with Crippen LogP contribution in [-0.4, -0.2) is 5.54 Å². The highest BCUT2D eigenvalue weighted by Gasteiger charge is 2.34. The maximum Gasteiger partial charge on any atom is 0.0159 e. The minimum atomic E-state index is 0.157. The van der Waals surface area contributed by atoms with E-state index in [9.17, 15) is 0 Å². The molecule has 96 valence electrons. The van der Waals surface area contributed by atoms with E-state index in [4.69, 9.17) is 5.73 Å². The van der Waals surface area contributed by atoms with E-state index in [1.54, 1.807) is 0 Å². The van der Waals surface area contributed by atoms with Crippen molar-refractivity contribution < 1.29 is 0 Å². The molecule has 0 aromatic rings. The highest BCUT2D eigenvalue weighted by molar-refractivity contribution is 4.92. The van der Waals surface area contributed by atoms with Crippen LogP contribution < -0.4 is 5.73 Å². The summed E-state index contributed by atoms with van der Waals surface area (Å²) in [7, 11) is 0. The van der Waals surface area contributed by atoms with Crippen LogP contribution in [0.3, 0.4) is 0 Å². The maximum absolute atomic E-state index is 6.64. The lowest BCUT2D eigenvalue weighted by molar-refractivity contribution is 0.153. The lowest BCUT2D eigenvalue weighted by Gasteiger charge is -2.41. The summed E-state index contributed by atoms with van der Waals surface area (Å²) in [5, 5.41) is 0. The van der Waals surface area contributed by atoms with Gasteiger partial charge in [-0.25, -0.2) is 0 Å². The Morgan fingerprint density at radius 1 is 1.25 bits per heavy atom. The second-order valence-electron chi connectivity index (χ2n) is 6.35. The Morgan fingerprint density at radius 3 is 2.38 bits per heavy atom. The summed E-state index contributed by atoms with van der Waals surface area (Å²) in [5.74, 6) is 2.52. The van der Waals surface area contributed by atoms with Gasteiger partial charge >= 0.3 is 0 Å². The summed E-state index contributed by atoms with van der Waals surface area (Å²) >= 11 is 0. The molecule has 0 amide bonds. The molecule has 2 unspecified atom stereocenters. The lowest BCUT2D eigenvalue weighted by atomic mass is 9.68. The third kappa shape index (κ3) is 3.76. The molecule has 1 aliphatic carbocycles. The molecule has 1 heteroatoms. The van der Waals surface area contributed by atoms with Crippen molar-refractivity contribution in [2.75, 3.05) is 0 Å². The van der Waals surface area contributed by atoms with E-state index in [1.165, 1.54) is 44.9 Å². The Morgan fingerprint density at radius 2 is 1.88 bits per heavy atom. The normalized spacial score (nSPS) is 31.3. The second-order valence-corrected chi connectivity index (χ2v) is 6.35. The number of hydrogen-bond donors (Lipinski definition) is 1. The van der Waals surface area contributed by atoms with Crippen LogP contribution in [0.1, 0.15) is 72.6 Å². The van der Waals surface area contributed by atoms with E-state index < -0.39 is 0 Å². The smallest absolute Gasteiger partial charge is 0.0159 e. The van der Waals surface area contributed by atoms with Crippen molar-refractivity contribution in [2.45, 2.75) is 78.2 Å². The zero-order valence-electron chi connectivity index (χ0n) is 11.8. The van der Waals surface area contributed by atoms with Gasteiger partial charge in [-0.3, -0.25) is 0 Å². The van der Waals surface area contributed by atoms with E-state index in [2.05, 4.69) is 27.7 Å². The van der Waals surface area contributed by atoms with E-state index in [0.29, 0.717) is 0 Å². The first-order chi connectivity index (χ1) is 7.50. The van der Waals surface area contributed by atoms with Crippen LogP contribution in [0.4, 0.5) is 0 Å². The third-order valence-corrected chi connectivity index (χ3v) is 4.71. The minimum absolute atomic E-state index is 0.157. The van der Waals surface area contributed by atoms with Gasteiger partial charge in [-0.2, -0.15) is 0 Å². The molecule has 1 fully saturated rings. The molecule has 2 atom stereocenters. The highest BCUT2D eigenvalue weighted by Crippen LogP contribution is 2.39.